The summed E-state index contributed by atoms with van der Waals surface area (Å²) in [5, 5.41) is 11.6. The summed E-state index contributed by atoms with van der Waals surface area (Å²) >= 11 is 0. The Morgan fingerprint density at radius 2 is 2.00 bits per heavy atom. The fraction of sp³-hybridized carbons (Fsp3) is 0.500. The van der Waals surface area contributed by atoms with E-state index in [0.29, 0.717) is 6.42 Å². The van der Waals surface area contributed by atoms with Crippen molar-refractivity contribution in [2.24, 2.45) is 5.41 Å². The fourth-order valence-corrected chi connectivity index (χ4v) is 1.63. The van der Waals surface area contributed by atoms with Crippen LogP contribution in [-0.2, 0) is 4.79 Å². The van der Waals surface area contributed by atoms with E-state index in [2.05, 4.69) is 10.3 Å². The summed E-state index contributed by atoms with van der Waals surface area (Å²) < 4.78 is 0. The van der Waals surface area contributed by atoms with Crippen molar-refractivity contribution in [2.45, 2.75) is 40.2 Å². The van der Waals surface area contributed by atoms with Crippen LogP contribution in [0.3, 0.4) is 0 Å². The summed E-state index contributed by atoms with van der Waals surface area (Å²) in [4.78, 5) is 27.4. The topological polar surface area (TPSA) is 91.3 Å². The molecule has 2 amide bonds. The van der Waals surface area contributed by atoms with Crippen molar-refractivity contribution in [3.05, 3.63) is 29.6 Å². The highest BCUT2D eigenvalue weighted by atomic mass is 16.5. The van der Waals surface area contributed by atoms with E-state index >= 15 is 0 Å². The van der Waals surface area contributed by atoms with Crippen molar-refractivity contribution < 1.29 is 14.8 Å². The Balaban J connectivity index is 2.96. The second-order valence-corrected chi connectivity index (χ2v) is 5.63. The SMILES string of the molecule is CC[C@H](NC(=O)C(C)(C)C)c1cncc(C(=O)NO)c1. The molecular weight excluding hydrogens is 258 g/mol. The first kappa shape index (κ1) is 16.1. The van der Waals surface area contributed by atoms with Crippen LogP contribution in [0.5, 0.6) is 0 Å². The van der Waals surface area contributed by atoms with E-state index in [-0.39, 0.29) is 17.5 Å². The summed E-state index contributed by atoms with van der Waals surface area (Å²) in [6.07, 6.45) is 3.63. The Bertz CT molecular complexity index is 495. The number of hydrogen-bond donors (Lipinski definition) is 3. The molecule has 0 bridgehead atoms. The van der Waals surface area contributed by atoms with Gasteiger partial charge in [-0.3, -0.25) is 19.8 Å². The molecule has 0 spiro atoms. The van der Waals surface area contributed by atoms with E-state index in [0.717, 1.165) is 5.56 Å². The standard InChI is InChI=1S/C14H21N3O3/c1-5-11(16-13(19)14(2,3)4)9-6-10(8-15-7-9)12(18)17-20/h6-8,11,20H,5H2,1-4H3,(H,16,19)(H,17,18)/t11-/m0/s1. The molecule has 3 N–H and O–H groups in total. The van der Waals surface area contributed by atoms with E-state index < -0.39 is 11.3 Å². The number of nitrogens with zero attached hydrogens (tertiary/aromatic N) is 1. The van der Waals surface area contributed by atoms with Gasteiger partial charge in [-0.1, -0.05) is 27.7 Å². The predicted molar refractivity (Wildman–Crippen MR) is 74.1 cm³/mol. The summed E-state index contributed by atoms with van der Waals surface area (Å²) in [5.74, 6) is -0.697. The molecule has 0 aliphatic rings. The van der Waals surface area contributed by atoms with Crippen LogP contribution < -0.4 is 10.8 Å². The first-order chi connectivity index (χ1) is 9.29. The third-order valence-corrected chi connectivity index (χ3v) is 2.92. The lowest BCUT2D eigenvalue weighted by molar-refractivity contribution is -0.129. The average molecular weight is 279 g/mol. The summed E-state index contributed by atoms with van der Waals surface area (Å²) in [7, 11) is 0. The van der Waals surface area contributed by atoms with Gasteiger partial charge in [-0.05, 0) is 18.1 Å². The minimum absolute atomic E-state index is 0.0682. The molecule has 1 aromatic heterocycles. The van der Waals surface area contributed by atoms with Gasteiger partial charge in [0, 0.05) is 17.8 Å². The van der Waals surface area contributed by atoms with E-state index in [1.54, 1.807) is 17.7 Å². The van der Waals surface area contributed by atoms with Gasteiger partial charge in [-0.15, -0.1) is 0 Å². The molecule has 1 heterocycles. The van der Waals surface area contributed by atoms with Crippen molar-refractivity contribution >= 4 is 11.8 Å². The average Bonchev–Trinajstić information content (AvgIpc) is 2.42. The Kier molecular flexibility index (Phi) is 5.21. The third-order valence-electron chi connectivity index (χ3n) is 2.92. The number of carbonyl (C=O) groups is 2. The maximum absolute atomic E-state index is 12.0. The lowest BCUT2D eigenvalue weighted by Gasteiger charge is -2.23. The lowest BCUT2D eigenvalue weighted by Crippen LogP contribution is -2.37. The van der Waals surface area contributed by atoms with Crippen LogP contribution in [-0.4, -0.2) is 22.0 Å². The molecule has 0 aliphatic heterocycles. The highest BCUT2D eigenvalue weighted by molar-refractivity contribution is 5.93. The van der Waals surface area contributed by atoms with Crippen LogP contribution in [0.25, 0.3) is 0 Å². The fourth-order valence-electron chi connectivity index (χ4n) is 1.63. The molecule has 20 heavy (non-hydrogen) atoms. The largest absolute Gasteiger partial charge is 0.349 e. The van der Waals surface area contributed by atoms with E-state index in [1.165, 1.54) is 6.20 Å². The van der Waals surface area contributed by atoms with Gasteiger partial charge in [0.1, 0.15) is 0 Å². The van der Waals surface area contributed by atoms with Crippen LogP contribution in [0.4, 0.5) is 0 Å². The quantitative estimate of drug-likeness (QED) is 0.579. The number of pyridine rings is 1. The first-order valence-electron chi connectivity index (χ1n) is 6.50. The number of nitrogens with one attached hydrogen (secondary N) is 2. The smallest absolute Gasteiger partial charge is 0.276 e. The molecule has 0 saturated carbocycles. The maximum Gasteiger partial charge on any atom is 0.276 e. The molecule has 0 aromatic carbocycles. The number of carbonyl (C=O) groups excluding carboxylic acids is 2. The molecule has 110 valence electrons. The number of aromatic nitrogens is 1. The normalized spacial score (nSPS) is 12.7. The van der Waals surface area contributed by atoms with Crippen molar-refractivity contribution in [1.29, 1.82) is 0 Å². The van der Waals surface area contributed by atoms with Crippen molar-refractivity contribution in [2.75, 3.05) is 0 Å². The Hall–Kier alpha value is -1.95. The molecule has 1 atom stereocenters. The predicted octanol–water partition coefficient (Wildman–Crippen LogP) is 1.81. The molecule has 0 radical (unpaired) electrons. The molecule has 1 rings (SSSR count). The van der Waals surface area contributed by atoms with Crippen molar-refractivity contribution in [1.82, 2.24) is 15.8 Å². The molecule has 0 unspecified atom stereocenters. The minimum Gasteiger partial charge on any atom is -0.349 e. The monoisotopic (exact) mass is 279 g/mol. The summed E-state index contributed by atoms with van der Waals surface area (Å²) in [5.41, 5.74) is 2.05. The highest BCUT2D eigenvalue weighted by Gasteiger charge is 2.24. The van der Waals surface area contributed by atoms with Gasteiger partial charge < -0.3 is 5.32 Å². The summed E-state index contributed by atoms with van der Waals surface area (Å²) in [6.45, 7) is 7.45. The number of rotatable bonds is 4. The van der Waals surface area contributed by atoms with Crippen molar-refractivity contribution in [3.63, 3.8) is 0 Å². The second kappa shape index (κ2) is 6.47. The number of hydroxylamine groups is 1. The lowest BCUT2D eigenvalue weighted by atomic mass is 9.94. The first-order valence-corrected chi connectivity index (χ1v) is 6.50. The second-order valence-electron chi connectivity index (χ2n) is 5.63. The van der Waals surface area contributed by atoms with Crippen molar-refractivity contribution in [3.8, 4) is 0 Å². The summed E-state index contributed by atoms with van der Waals surface area (Å²) in [6, 6.07) is 1.39. The molecule has 0 aliphatic carbocycles. The van der Waals surface area contributed by atoms with Crippen LogP contribution in [0.1, 0.15) is 56.1 Å². The van der Waals surface area contributed by atoms with E-state index in [4.69, 9.17) is 5.21 Å². The van der Waals surface area contributed by atoms with Gasteiger partial charge in [0.15, 0.2) is 0 Å². The Morgan fingerprint density at radius 1 is 1.35 bits per heavy atom. The molecule has 6 nitrogen and oxygen atoms in total. The van der Waals surface area contributed by atoms with E-state index in [1.807, 2.05) is 27.7 Å². The van der Waals surface area contributed by atoms with Crippen LogP contribution in [0.15, 0.2) is 18.5 Å². The Morgan fingerprint density at radius 3 is 2.50 bits per heavy atom. The third kappa shape index (κ3) is 4.03. The number of amides is 2. The van der Waals surface area contributed by atoms with Crippen LogP contribution in [0, 0.1) is 5.41 Å². The zero-order valence-corrected chi connectivity index (χ0v) is 12.2. The maximum atomic E-state index is 12.0. The van der Waals surface area contributed by atoms with Crippen LogP contribution in [0.2, 0.25) is 0 Å². The van der Waals surface area contributed by atoms with E-state index in [9.17, 15) is 9.59 Å². The van der Waals surface area contributed by atoms with Crippen LogP contribution >= 0.6 is 0 Å². The van der Waals surface area contributed by atoms with Gasteiger partial charge in [-0.2, -0.15) is 0 Å². The van der Waals surface area contributed by atoms with Gasteiger partial charge in [-0.25, -0.2) is 5.48 Å². The minimum atomic E-state index is -0.628. The van der Waals surface area contributed by atoms with Gasteiger partial charge in [0.25, 0.3) is 5.91 Å². The highest BCUT2D eigenvalue weighted by Crippen LogP contribution is 2.20. The van der Waals surface area contributed by atoms with Gasteiger partial charge in [0.05, 0.1) is 11.6 Å². The van der Waals surface area contributed by atoms with Gasteiger partial charge in [0.2, 0.25) is 5.91 Å². The molecule has 0 fully saturated rings. The van der Waals surface area contributed by atoms with Gasteiger partial charge >= 0.3 is 0 Å². The number of hydrogen-bond acceptors (Lipinski definition) is 4. The molecule has 6 heteroatoms. The molecule has 0 saturated heterocycles. The Labute approximate surface area is 118 Å². The zero-order valence-electron chi connectivity index (χ0n) is 12.2. The molecular formula is C14H21N3O3. The molecule has 1 aromatic rings. The zero-order chi connectivity index (χ0) is 15.3.